The third kappa shape index (κ3) is 3.81. The Morgan fingerprint density at radius 3 is 2.48 bits per heavy atom. The van der Waals surface area contributed by atoms with Crippen LogP contribution in [-0.2, 0) is 6.42 Å². The van der Waals surface area contributed by atoms with E-state index in [1.165, 1.54) is 0 Å². The van der Waals surface area contributed by atoms with E-state index < -0.39 is 0 Å². The molecule has 0 radical (unpaired) electrons. The van der Waals surface area contributed by atoms with E-state index in [-0.39, 0.29) is 12.3 Å². The molecule has 0 bridgehead atoms. The van der Waals surface area contributed by atoms with Crippen LogP contribution in [0.2, 0.25) is 0 Å². The number of carbonyl (C=O) groups excluding carboxylic acids is 1. The number of nitrogens with one attached hydrogen (secondary N) is 1. The zero-order valence-corrected chi connectivity index (χ0v) is 17.9. The molecule has 6 nitrogen and oxygen atoms in total. The van der Waals surface area contributed by atoms with Crippen LogP contribution in [0.4, 0.5) is 0 Å². The van der Waals surface area contributed by atoms with Crippen LogP contribution in [0, 0.1) is 43.4 Å². The lowest BCUT2D eigenvalue weighted by Crippen LogP contribution is -2.48. The van der Waals surface area contributed by atoms with E-state index >= 15 is 0 Å². The molecule has 3 aromatic rings. The molecule has 0 spiro atoms. The highest BCUT2D eigenvalue weighted by atomic mass is 16.2. The normalized spacial score (nSPS) is 13.4. The Kier molecular flexibility index (Phi) is 5.31. The monoisotopic (exact) mass is 409 g/mol. The van der Waals surface area contributed by atoms with E-state index in [2.05, 4.69) is 22.1 Å². The van der Waals surface area contributed by atoms with Gasteiger partial charge in [0.15, 0.2) is 0 Å². The molecule has 0 aliphatic carbocycles. The van der Waals surface area contributed by atoms with Crippen molar-refractivity contribution in [3.05, 3.63) is 75.7 Å². The molecule has 2 heterocycles. The predicted octanol–water partition coefficient (Wildman–Crippen LogP) is 4.18. The van der Waals surface area contributed by atoms with E-state index in [0.29, 0.717) is 36.0 Å². The molecule has 2 aromatic carbocycles. The second kappa shape index (κ2) is 8.08. The van der Waals surface area contributed by atoms with Crippen molar-refractivity contribution < 1.29 is 4.79 Å². The van der Waals surface area contributed by atoms with Crippen molar-refractivity contribution in [2.45, 2.75) is 33.1 Å². The van der Waals surface area contributed by atoms with Crippen molar-refractivity contribution in [3.63, 3.8) is 0 Å². The minimum atomic E-state index is 0.0223. The van der Waals surface area contributed by atoms with Gasteiger partial charge in [-0.2, -0.15) is 10.5 Å². The number of aromatic nitrogens is 2. The summed E-state index contributed by atoms with van der Waals surface area (Å²) in [6, 6.07) is 15.8. The Balaban J connectivity index is 1.56. The van der Waals surface area contributed by atoms with Crippen LogP contribution < -0.4 is 0 Å². The molecule has 1 N–H and O–H groups in total. The first-order chi connectivity index (χ1) is 14.9. The molecule has 1 fully saturated rings. The Labute approximate surface area is 181 Å². The molecule has 154 valence electrons. The van der Waals surface area contributed by atoms with Crippen molar-refractivity contribution in [2.75, 3.05) is 13.1 Å². The van der Waals surface area contributed by atoms with E-state index in [4.69, 9.17) is 10.5 Å². The van der Waals surface area contributed by atoms with Gasteiger partial charge in [-0.3, -0.25) is 4.79 Å². The summed E-state index contributed by atoms with van der Waals surface area (Å²) < 4.78 is 0. The third-order valence-corrected chi connectivity index (χ3v) is 5.92. The molecule has 1 aliphatic heterocycles. The Bertz CT molecular complexity index is 1230. The van der Waals surface area contributed by atoms with Crippen LogP contribution in [0.25, 0.3) is 11.3 Å². The molecule has 0 saturated carbocycles. The number of imidazole rings is 1. The molecule has 1 aliphatic rings. The number of aryl methyl sites for hydroxylation is 3. The maximum atomic E-state index is 13.2. The van der Waals surface area contributed by atoms with E-state index in [9.17, 15) is 4.79 Å². The fraction of sp³-hybridized carbons (Fsp3) is 0.280. The highest BCUT2D eigenvalue weighted by Gasteiger charge is 2.33. The van der Waals surface area contributed by atoms with Gasteiger partial charge >= 0.3 is 0 Å². The summed E-state index contributed by atoms with van der Waals surface area (Å²) in [5.74, 6) is 0.953. The van der Waals surface area contributed by atoms with Gasteiger partial charge in [-0.05, 0) is 55.7 Å². The number of hydrogen-bond acceptors (Lipinski definition) is 4. The van der Waals surface area contributed by atoms with Crippen LogP contribution in [0.15, 0.2) is 36.4 Å². The number of hydrogen-bond donors (Lipinski definition) is 1. The summed E-state index contributed by atoms with van der Waals surface area (Å²) in [6.07, 6.45) is 0.224. The first kappa shape index (κ1) is 20.4. The lowest BCUT2D eigenvalue weighted by molar-refractivity contribution is 0.0601. The molecular weight excluding hydrogens is 386 g/mol. The largest absolute Gasteiger partial charge is 0.345 e. The van der Waals surface area contributed by atoms with Crippen LogP contribution >= 0.6 is 0 Å². The summed E-state index contributed by atoms with van der Waals surface area (Å²) in [5, 5.41) is 17.9. The molecule has 1 aromatic heterocycles. The molecule has 1 amide bonds. The van der Waals surface area contributed by atoms with Gasteiger partial charge in [0, 0.05) is 35.8 Å². The molecule has 6 heteroatoms. The zero-order valence-electron chi connectivity index (χ0n) is 17.9. The predicted molar refractivity (Wildman–Crippen MR) is 117 cm³/mol. The maximum absolute atomic E-state index is 13.2. The van der Waals surface area contributed by atoms with Crippen LogP contribution in [0.3, 0.4) is 0 Å². The summed E-state index contributed by atoms with van der Waals surface area (Å²) in [6.45, 7) is 7.24. The SMILES string of the molecule is Cc1cc(C)c(-c2nc(CC#N)[nH]c2C)cc1C(=O)N1CC(c2ccc(C#N)cc2)C1. The fourth-order valence-corrected chi connectivity index (χ4v) is 4.14. The average molecular weight is 409 g/mol. The van der Waals surface area contributed by atoms with Gasteiger partial charge in [0.2, 0.25) is 0 Å². The van der Waals surface area contributed by atoms with Crippen LogP contribution in [-0.4, -0.2) is 33.9 Å². The fourth-order valence-electron chi connectivity index (χ4n) is 4.14. The summed E-state index contributed by atoms with van der Waals surface area (Å²) in [4.78, 5) is 22.8. The number of H-pyrrole nitrogens is 1. The summed E-state index contributed by atoms with van der Waals surface area (Å²) >= 11 is 0. The van der Waals surface area contributed by atoms with Gasteiger partial charge in [0.1, 0.15) is 5.82 Å². The van der Waals surface area contributed by atoms with E-state index in [1.807, 2.05) is 62.1 Å². The van der Waals surface area contributed by atoms with Crippen molar-refractivity contribution >= 4 is 5.91 Å². The Morgan fingerprint density at radius 2 is 1.84 bits per heavy atom. The van der Waals surface area contributed by atoms with Crippen LogP contribution in [0.5, 0.6) is 0 Å². The summed E-state index contributed by atoms with van der Waals surface area (Å²) in [5.41, 5.74) is 7.06. The van der Waals surface area contributed by atoms with Gasteiger partial charge in [-0.25, -0.2) is 4.98 Å². The maximum Gasteiger partial charge on any atom is 0.254 e. The molecule has 0 unspecified atom stereocenters. The highest BCUT2D eigenvalue weighted by Crippen LogP contribution is 2.32. The first-order valence-electron chi connectivity index (χ1n) is 10.2. The van der Waals surface area contributed by atoms with Crippen molar-refractivity contribution in [1.82, 2.24) is 14.9 Å². The molecule has 0 atom stereocenters. The van der Waals surface area contributed by atoms with Crippen LogP contribution in [0.1, 0.15) is 50.0 Å². The number of benzene rings is 2. The third-order valence-electron chi connectivity index (χ3n) is 5.92. The minimum Gasteiger partial charge on any atom is -0.345 e. The lowest BCUT2D eigenvalue weighted by atomic mass is 9.89. The van der Waals surface area contributed by atoms with E-state index in [0.717, 1.165) is 33.6 Å². The Hall–Kier alpha value is -3.90. The standard InChI is InChI=1S/C25H23N5O/c1-15-10-16(2)22(11-21(15)24-17(3)28-23(29-24)8-9-26)25(31)30-13-20(14-30)19-6-4-18(12-27)5-7-19/h4-7,10-11,20H,8,13-14H2,1-3H3,(H,28,29). The lowest BCUT2D eigenvalue weighted by Gasteiger charge is -2.40. The number of nitriles is 2. The number of likely N-dealkylation sites (tertiary alicyclic amines) is 1. The topological polar surface area (TPSA) is 96.6 Å². The van der Waals surface area contributed by atoms with Gasteiger partial charge in [0.25, 0.3) is 5.91 Å². The summed E-state index contributed by atoms with van der Waals surface area (Å²) in [7, 11) is 0. The number of rotatable bonds is 4. The number of amides is 1. The molecule has 1 saturated heterocycles. The van der Waals surface area contributed by atoms with Crippen molar-refractivity contribution in [3.8, 4) is 23.4 Å². The molecular formula is C25H23N5O. The number of nitrogens with zero attached hydrogens (tertiary/aromatic N) is 4. The van der Waals surface area contributed by atoms with Crippen molar-refractivity contribution in [2.24, 2.45) is 0 Å². The quantitative estimate of drug-likeness (QED) is 0.699. The molecule has 31 heavy (non-hydrogen) atoms. The van der Waals surface area contributed by atoms with Gasteiger partial charge in [0.05, 0.1) is 29.8 Å². The Morgan fingerprint density at radius 1 is 1.13 bits per heavy atom. The smallest absolute Gasteiger partial charge is 0.254 e. The van der Waals surface area contributed by atoms with Gasteiger partial charge in [-0.15, -0.1) is 0 Å². The highest BCUT2D eigenvalue weighted by molar-refractivity contribution is 5.97. The second-order valence-electron chi connectivity index (χ2n) is 8.11. The van der Waals surface area contributed by atoms with Gasteiger partial charge < -0.3 is 9.88 Å². The average Bonchev–Trinajstić information content (AvgIpc) is 3.07. The van der Waals surface area contributed by atoms with Gasteiger partial charge in [-0.1, -0.05) is 18.2 Å². The minimum absolute atomic E-state index is 0.0223. The second-order valence-corrected chi connectivity index (χ2v) is 8.11. The first-order valence-corrected chi connectivity index (χ1v) is 10.2. The zero-order chi connectivity index (χ0) is 22.1. The number of carbonyl (C=O) groups is 1. The van der Waals surface area contributed by atoms with Crippen molar-refractivity contribution in [1.29, 1.82) is 10.5 Å². The van der Waals surface area contributed by atoms with E-state index in [1.54, 1.807) is 0 Å². The molecule has 4 rings (SSSR count). The number of aromatic amines is 1.